The third-order valence-corrected chi connectivity index (χ3v) is 4.22. The Balaban J connectivity index is 2.16. The monoisotopic (exact) mass is 240 g/mol. The largest absolute Gasteiger partial charge is 0.314 e. The van der Waals surface area contributed by atoms with Crippen LogP contribution in [0.3, 0.4) is 0 Å². The zero-order valence-corrected chi connectivity index (χ0v) is 12.3. The fraction of sp³-hybridized carbons (Fsp3) is 1.00. The van der Waals surface area contributed by atoms with Crippen molar-refractivity contribution in [2.75, 3.05) is 13.1 Å². The summed E-state index contributed by atoms with van der Waals surface area (Å²) >= 11 is 0. The summed E-state index contributed by atoms with van der Waals surface area (Å²) in [4.78, 5) is 2.74. The Labute approximate surface area is 108 Å². The van der Waals surface area contributed by atoms with E-state index in [9.17, 15) is 0 Å². The molecule has 17 heavy (non-hydrogen) atoms. The maximum absolute atomic E-state index is 3.58. The highest BCUT2D eigenvalue weighted by Gasteiger charge is 2.28. The standard InChI is InChI=1S/C15H32N2/c1-5-11-16-13(3)8-7-12-17-14(4)9-10-15(17)6-2/h13-16H,5-12H2,1-4H3. The first-order valence-electron chi connectivity index (χ1n) is 7.68. The smallest absolute Gasteiger partial charge is 0.00960 e. The van der Waals surface area contributed by atoms with Crippen molar-refractivity contribution in [2.24, 2.45) is 0 Å². The Hall–Kier alpha value is -0.0800. The molecular weight excluding hydrogens is 208 g/mol. The van der Waals surface area contributed by atoms with Gasteiger partial charge in [-0.3, -0.25) is 4.90 Å². The zero-order valence-electron chi connectivity index (χ0n) is 12.3. The topological polar surface area (TPSA) is 15.3 Å². The Morgan fingerprint density at radius 3 is 2.71 bits per heavy atom. The average molecular weight is 240 g/mol. The van der Waals surface area contributed by atoms with E-state index in [1.807, 2.05) is 0 Å². The second kappa shape index (κ2) is 8.10. The summed E-state index contributed by atoms with van der Waals surface area (Å²) in [5.74, 6) is 0. The van der Waals surface area contributed by atoms with E-state index in [0.29, 0.717) is 6.04 Å². The maximum atomic E-state index is 3.58. The summed E-state index contributed by atoms with van der Waals surface area (Å²) in [6.45, 7) is 11.8. The van der Waals surface area contributed by atoms with E-state index in [-0.39, 0.29) is 0 Å². The number of hydrogen-bond donors (Lipinski definition) is 1. The Morgan fingerprint density at radius 2 is 2.06 bits per heavy atom. The van der Waals surface area contributed by atoms with Gasteiger partial charge in [-0.25, -0.2) is 0 Å². The van der Waals surface area contributed by atoms with Gasteiger partial charge in [0.25, 0.3) is 0 Å². The van der Waals surface area contributed by atoms with Crippen molar-refractivity contribution in [1.82, 2.24) is 10.2 Å². The summed E-state index contributed by atoms with van der Waals surface area (Å²) in [6.07, 6.45) is 8.06. The van der Waals surface area contributed by atoms with Crippen molar-refractivity contribution >= 4 is 0 Å². The van der Waals surface area contributed by atoms with Gasteiger partial charge in [0.1, 0.15) is 0 Å². The molecule has 3 atom stereocenters. The van der Waals surface area contributed by atoms with Gasteiger partial charge >= 0.3 is 0 Å². The molecule has 0 aromatic heterocycles. The van der Waals surface area contributed by atoms with Gasteiger partial charge in [0.2, 0.25) is 0 Å². The minimum absolute atomic E-state index is 0.688. The van der Waals surface area contributed by atoms with Gasteiger partial charge in [-0.1, -0.05) is 13.8 Å². The van der Waals surface area contributed by atoms with Crippen molar-refractivity contribution in [3.8, 4) is 0 Å². The van der Waals surface area contributed by atoms with E-state index < -0.39 is 0 Å². The van der Waals surface area contributed by atoms with Gasteiger partial charge in [-0.2, -0.15) is 0 Å². The molecule has 2 nitrogen and oxygen atoms in total. The van der Waals surface area contributed by atoms with Crippen LogP contribution in [0.5, 0.6) is 0 Å². The molecule has 0 aliphatic carbocycles. The molecule has 1 N–H and O–H groups in total. The molecule has 0 aromatic carbocycles. The lowest BCUT2D eigenvalue weighted by Gasteiger charge is -2.28. The molecule has 0 spiro atoms. The molecule has 102 valence electrons. The molecule has 0 bridgehead atoms. The van der Waals surface area contributed by atoms with E-state index in [0.717, 1.165) is 12.1 Å². The highest BCUT2D eigenvalue weighted by Crippen LogP contribution is 2.26. The van der Waals surface area contributed by atoms with Crippen LogP contribution in [-0.4, -0.2) is 36.1 Å². The van der Waals surface area contributed by atoms with E-state index in [1.165, 1.54) is 51.6 Å². The first-order chi connectivity index (χ1) is 8.19. The van der Waals surface area contributed by atoms with Crippen LogP contribution in [0, 0.1) is 0 Å². The lowest BCUT2D eigenvalue weighted by molar-refractivity contribution is 0.192. The summed E-state index contributed by atoms with van der Waals surface area (Å²) < 4.78 is 0. The first kappa shape index (κ1) is 15.0. The second-order valence-corrected chi connectivity index (χ2v) is 5.72. The molecule has 0 saturated carbocycles. The van der Waals surface area contributed by atoms with Crippen LogP contribution in [0.25, 0.3) is 0 Å². The molecule has 0 radical (unpaired) electrons. The highest BCUT2D eigenvalue weighted by molar-refractivity contribution is 4.84. The van der Waals surface area contributed by atoms with E-state index in [2.05, 4.69) is 37.9 Å². The van der Waals surface area contributed by atoms with Crippen molar-refractivity contribution < 1.29 is 0 Å². The van der Waals surface area contributed by atoms with E-state index in [4.69, 9.17) is 0 Å². The number of hydrogen-bond acceptors (Lipinski definition) is 2. The lowest BCUT2D eigenvalue weighted by atomic mass is 10.1. The zero-order chi connectivity index (χ0) is 12.7. The molecule has 0 aromatic rings. The predicted molar refractivity (Wildman–Crippen MR) is 76.5 cm³/mol. The van der Waals surface area contributed by atoms with Crippen LogP contribution in [0.15, 0.2) is 0 Å². The SMILES string of the molecule is CCCNC(C)CCCN1C(C)CCC1CC. The summed E-state index contributed by atoms with van der Waals surface area (Å²) in [7, 11) is 0. The summed E-state index contributed by atoms with van der Waals surface area (Å²) in [6, 6.07) is 2.37. The predicted octanol–water partition coefficient (Wildman–Crippen LogP) is 3.42. The van der Waals surface area contributed by atoms with Crippen molar-refractivity contribution in [3.63, 3.8) is 0 Å². The third kappa shape index (κ3) is 4.97. The summed E-state index contributed by atoms with van der Waals surface area (Å²) in [5, 5.41) is 3.58. The molecule has 3 unspecified atom stereocenters. The Morgan fingerprint density at radius 1 is 1.29 bits per heavy atom. The van der Waals surface area contributed by atoms with Gasteiger partial charge in [0, 0.05) is 18.1 Å². The first-order valence-corrected chi connectivity index (χ1v) is 7.68. The molecule has 0 amide bonds. The minimum Gasteiger partial charge on any atom is -0.314 e. The molecule has 1 rings (SSSR count). The quantitative estimate of drug-likeness (QED) is 0.699. The molecular formula is C15H32N2. The molecule has 1 aliphatic heterocycles. The normalized spacial score (nSPS) is 27.5. The Kier molecular flexibility index (Phi) is 7.14. The van der Waals surface area contributed by atoms with E-state index >= 15 is 0 Å². The number of nitrogens with one attached hydrogen (secondary N) is 1. The van der Waals surface area contributed by atoms with E-state index in [1.54, 1.807) is 0 Å². The van der Waals surface area contributed by atoms with Gasteiger partial charge in [0.15, 0.2) is 0 Å². The van der Waals surface area contributed by atoms with Gasteiger partial charge in [-0.15, -0.1) is 0 Å². The highest BCUT2D eigenvalue weighted by atomic mass is 15.2. The second-order valence-electron chi connectivity index (χ2n) is 5.72. The lowest BCUT2D eigenvalue weighted by Crippen LogP contribution is -2.36. The Bertz CT molecular complexity index is 193. The minimum atomic E-state index is 0.688. The fourth-order valence-electron chi connectivity index (χ4n) is 3.04. The van der Waals surface area contributed by atoms with Crippen LogP contribution in [0.1, 0.15) is 66.2 Å². The van der Waals surface area contributed by atoms with Crippen molar-refractivity contribution in [3.05, 3.63) is 0 Å². The average Bonchev–Trinajstić information content (AvgIpc) is 2.68. The molecule has 1 aliphatic rings. The number of likely N-dealkylation sites (tertiary alicyclic amines) is 1. The summed E-state index contributed by atoms with van der Waals surface area (Å²) in [5.41, 5.74) is 0. The fourth-order valence-corrected chi connectivity index (χ4v) is 3.04. The molecule has 1 heterocycles. The van der Waals surface area contributed by atoms with Gasteiger partial charge in [0.05, 0.1) is 0 Å². The number of rotatable bonds is 8. The van der Waals surface area contributed by atoms with Crippen molar-refractivity contribution in [2.45, 2.75) is 84.3 Å². The maximum Gasteiger partial charge on any atom is 0.00960 e. The van der Waals surface area contributed by atoms with Crippen molar-refractivity contribution in [1.29, 1.82) is 0 Å². The van der Waals surface area contributed by atoms with Crippen LogP contribution >= 0.6 is 0 Å². The van der Waals surface area contributed by atoms with Gasteiger partial charge < -0.3 is 5.32 Å². The van der Waals surface area contributed by atoms with Gasteiger partial charge in [-0.05, 0) is 65.5 Å². The molecule has 1 fully saturated rings. The van der Waals surface area contributed by atoms with Crippen LogP contribution in [0.2, 0.25) is 0 Å². The van der Waals surface area contributed by atoms with Crippen LogP contribution < -0.4 is 5.32 Å². The molecule has 1 saturated heterocycles. The van der Waals surface area contributed by atoms with Crippen LogP contribution in [-0.2, 0) is 0 Å². The number of nitrogens with zero attached hydrogens (tertiary/aromatic N) is 1. The molecule has 2 heteroatoms. The van der Waals surface area contributed by atoms with Crippen LogP contribution in [0.4, 0.5) is 0 Å². The third-order valence-electron chi connectivity index (χ3n) is 4.22.